The molecule has 1 fully saturated rings. The molecule has 0 spiro atoms. The monoisotopic (exact) mass is 478 g/mol. The molecule has 1 saturated carbocycles. The van der Waals surface area contributed by atoms with E-state index in [9.17, 15) is 9.90 Å². The van der Waals surface area contributed by atoms with Crippen molar-refractivity contribution in [2.75, 3.05) is 7.11 Å². The summed E-state index contributed by atoms with van der Waals surface area (Å²) in [5.41, 5.74) is 2.04. The lowest BCUT2D eigenvalue weighted by Gasteiger charge is -2.35. The lowest BCUT2D eigenvalue weighted by atomic mass is 9.75. The smallest absolute Gasteiger partial charge is 0.270 e. The Bertz CT molecular complexity index is 1160. The number of methoxy groups -OCH3 is 1. The molecule has 0 saturated heterocycles. The van der Waals surface area contributed by atoms with Crippen LogP contribution in [-0.2, 0) is 13.1 Å². The highest BCUT2D eigenvalue weighted by Gasteiger charge is 2.31. The standard InChI is InChI=1S/C26H34N6O3/c1-17-12-20(14-23(28-17)25(33)27-15-19-6-5-7-22(13-19)35-4)24-29-31-32(30-24)16-18-8-10-21(11-9-18)26(2,3)34/h5-7,12-14,18,21,34H,8-11,15-16H2,1-4H3,(H,27,33)/t18-,21-. The summed E-state index contributed by atoms with van der Waals surface area (Å²) in [6.07, 6.45) is 4.09. The van der Waals surface area contributed by atoms with Crippen molar-refractivity contribution in [2.24, 2.45) is 11.8 Å². The number of hydrogen-bond acceptors (Lipinski definition) is 7. The molecule has 0 atom stereocenters. The molecule has 0 aliphatic heterocycles. The van der Waals surface area contributed by atoms with Gasteiger partial charge < -0.3 is 15.2 Å². The summed E-state index contributed by atoms with van der Waals surface area (Å²) >= 11 is 0. The molecular formula is C26H34N6O3. The fraction of sp³-hybridized carbons (Fsp3) is 0.500. The second kappa shape index (κ2) is 10.5. The molecule has 186 valence electrons. The number of ether oxygens (including phenoxy) is 1. The van der Waals surface area contributed by atoms with Crippen LogP contribution in [0.3, 0.4) is 0 Å². The van der Waals surface area contributed by atoms with Gasteiger partial charge in [-0.05, 0) is 93.3 Å². The summed E-state index contributed by atoms with van der Waals surface area (Å²) in [4.78, 5) is 18.8. The number of nitrogens with one attached hydrogen (secondary N) is 1. The van der Waals surface area contributed by atoms with Crippen molar-refractivity contribution in [3.05, 3.63) is 53.3 Å². The number of aromatic nitrogens is 5. The van der Waals surface area contributed by atoms with E-state index in [1.165, 1.54) is 0 Å². The van der Waals surface area contributed by atoms with Crippen LogP contribution in [0.1, 0.15) is 61.3 Å². The molecule has 1 aliphatic rings. The number of rotatable bonds is 8. The maximum Gasteiger partial charge on any atom is 0.270 e. The summed E-state index contributed by atoms with van der Waals surface area (Å²) in [5.74, 6) is 1.75. The van der Waals surface area contributed by atoms with Crippen molar-refractivity contribution in [1.82, 2.24) is 30.5 Å². The van der Waals surface area contributed by atoms with Crippen LogP contribution in [0.25, 0.3) is 11.4 Å². The summed E-state index contributed by atoms with van der Waals surface area (Å²) < 4.78 is 5.24. The fourth-order valence-corrected chi connectivity index (χ4v) is 4.69. The Kier molecular flexibility index (Phi) is 7.45. The molecular weight excluding hydrogens is 444 g/mol. The van der Waals surface area contributed by atoms with Crippen molar-refractivity contribution < 1.29 is 14.6 Å². The summed E-state index contributed by atoms with van der Waals surface area (Å²) in [5, 5.41) is 26.2. The molecule has 2 aromatic heterocycles. The molecule has 2 N–H and O–H groups in total. The van der Waals surface area contributed by atoms with Gasteiger partial charge in [-0.2, -0.15) is 4.80 Å². The summed E-state index contributed by atoms with van der Waals surface area (Å²) in [7, 11) is 1.61. The van der Waals surface area contributed by atoms with Crippen molar-refractivity contribution in [3.63, 3.8) is 0 Å². The summed E-state index contributed by atoms with van der Waals surface area (Å²) in [6.45, 7) is 6.70. The molecule has 0 radical (unpaired) electrons. The van der Waals surface area contributed by atoms with E-state index in [0.717, 1.165) is 37.0 Å². The van der Waals surface area contributed by atoms with Gasteiger partial charge in [-0.3, -0.25) is 4.79 Å². The first-order valence-corrected chi connectivity index (χ1v) is 12.1. The topological polar surface area (TPSA) is 115 Å². The number of carbonyl (C=O) groups excluding carboxylic acids is 1. The number of aryl methyl sites for hydroxylation is 1. The highest BCUT2D eigenvalue weighted by Crippen LogP contribution is 2.35. The van der Waals surface area contributed by atoms with Gasteiger partial charge in [0.15, 0.2) is 0 Å². The molecule has 2 heterocycles. The van der Waals surface area contributed by atoms with Crippen molar-refractivity contribution in [2.45, 2.75) is 65.1 Å². The van der Waals surface area contributed by atoms with Gasteiger partial charge >= 0.3 is 0 Å². The van der Waals surface area contributed by atoms with Crippen LogP contribution in [0.15, 0.2) is 36.4 Å². The second-order valence-electron chi connectivity index (χ2n) is 9.96. The Morgan fingerprint density at radius 2 is 1.97 bits per heavy atom. The molecule has 4 rings (SSSR count). The zero-order valence-corrected chi connectivity index (χ0v) is 20.9. The third-order valence-electron chi connectivity index (χ3n) is 6.75. The number of tetrazole rings is 1. The van der Waals surface area contributed by atoms with E-state index < -0.39 is 5.60 Å². The quantitative estimate of drug-likeness (QED) is 0.509. The van der Waals surface area contributed by atoms with Gasteiger partial charge in [-0.1, -0.05) is 12.1 Å². The van der Waals surface area contributed by atoms with Crippen molar-refractivity contribution in [3.8, 4) is 17.1 Å². The van der Waals surface area contributed by atoms with Crippen molar-refractivity contribution >= 4 is 5.91 Å². The van der Waals surface area contributed by atoms with Gasteiger partial charge in [0.05, 0.1) is 19.3 Å². The molecule has 1 amide bonds. The van der Waals surface area contributed by atoms with E-state index in [-0.39, 0.29) is 5.91 Å². The minimum absolute atomic E-state index is 0.270. The predicted octanol–water partition coefficient (Wildman–Crippen LogP) is 3.56. The minimum atomic E-state index is -0.624. The first-order valence-electron chi connectivity index (χ1n) is 12.1. The van der Waals surface area contributed by atoms with E-state index in [2.05, 4.69) is 25.7 Å². The lowest BCUT2D eigenvalue weighted by Crippen LogP contribution is -2.34. The Morgan fingerprint density at radius 1 is 1.20 bits per heavy atom. The first-order chi connectivity index (χ1) is 16.7. The maximum atomic E-state index is 12.8. The average molecular weight is 479 g/mol. The van der Waals surface area contributed by atoms with Crippen LogP contribution in [0, 0.1) is 18.8 Å². The average Bonchev–Trinajstić information content (AvgIpc) is 3.30. The number of hydrogen-bond donors (Lipinski definition) is 2. The zero-order chi connectivity index (χ0) is 25.0. The van der Waals surface area contributed by atoms with Gasteiger partial charge in [-0.15, -0.1) is 10.2 Å². The van der Waals surface area contributed by atoms with E-state index in [0.29, 0.717) is 47.7 Å². The lowest BCUT2D eigenvalue weighted by molar-refractivity contribution is -0.00739. The molecule has 3 aromatic rings. The van der Waals surface area contributed by atoms with Crippen LogP contribution in [0.4, 0.5) is 0 Å². The van der Waals surface area contributed by atoms with Gasteiger partial charge in [-0.25, -0.2) is 4.98 Å². The van der Waals surface area contributed by atoms with Crippen LogP contribution >= 0.6 is 0 Å². The highest BCUT2D eigenvalue weighted by atomic mass is 16.5. The predicted molar refractivity (Wildman–Crippen MR) is 132 cm³/mol. The summed E-state index contributed by atoms with van der Waals surface area (Å²) in [6, 6.07) is 11.1. The van der Waals surface area contributed by atoms with E-state index in [1.54, 1.807) is 18.0 Å². The Hall–Kier alpha value is -3.33. The number of aliphatic hydroxyl groups is 1. The fourth-order valence-electron chi connectivity index (χ4n) is 4.69. The SMILES string of the molecule is COc1cccc(CNC(=O)c2cc(-c3nnn(C[C@H]4CC[C@H](C(C)(C)O)CC4)n3)cc(C)n2)c1. The molecule has 9 nitrogen and oxygen atoms in total. The van der Waals surface area contributed by atoms with E-state index in [4.69, 9.17) is 4.74 Å². The Labute approximate surface area is 205 Å². The van der Waals surface area contributed by atoms with Gasteiger partial charge in [0, 0.05) is 17.8 Å². The van der Waals surface area contributed by atoms with Gasteiger partial charge in [0.1, 0.15) is 11.4 Å². The Balaban J connectivity index is 1.39. The minimum Gasteiger partial charge on any atom is -0.497 e. The number of carbonyl (C=O) groups is 1. The molecule has 1 aromatic carbocycles. The van der Waals surface area contributed by atoms with Crippen LogP contribution in [0.2, 0.25) is 0 Å². The number of amides is 1. The third-order valence-corrected chi connectivity index (χ3v) is 6.75. The molecule has 9 heteroatoms. The molecule has 35 heavy (non-hydrogen) atoms. The first kappa shape index (κ1) is 24.8. The number of nitrogens with zero attached hydrogens (tertiary/aromatic N) is 5. The van der Waals surface area contributed by atoms with Gasteiger partial charge in [0.2, 0.25) is 5.82 Å². The van der Waals surface area contributed by atoms with Crippen LogP contribution in [0.5, 0.6) is 5.75 Å². The van der Waals surface area contributed by atoms with Crippen LogP contribution < -0.4 is 10.1 Å². The second-order valence-corrected chi connectivity index (χ2v) is 9.96. The van der Waals surface area contributed by atoms with Gasteiger partial charge in [0.25, 0.3) is 5.91 Å². The van der Waals surface area contributed by atoms with Crippen molar-refractivity contribution in [1.29, 1.82) is 0 Å². The van der Waals surface area contributed by atoms with E-state index in [1.807, 2.05) is 51.1 Å². The molecule has 0 unspecified atom stereocenters. The maximum absolute atomic E-state index is 12.8. The number of benzene rings is 1. The van der Waals surface area contributed by atoms with E-state index >= 15 is 0 Å². The Morgan fingerprint density at radius 3 is 2.69 bits per heavy atom. The largest absolute Gasteiger partial charge is 0.497 e. The third kappa shape index (κ3) is 6.42. The van der Waals surface area contributed by atoms with Crippen LogP contribution in [-0.4, -0.2) is 48.9 Å². The highest BCUT2D eigenvalue weighted by molar-refractivity contribution is 5.93. The molecule has 0 bridgehead atoms. The number of pyridine rings is 1. The normalized spacial score (nSPS) is 18.3. The zero-order valence-electron chi connectivity index (χ0n) is 20.9. The molecule has 1 aliphatic carbocycles.